The van der Waals surface area contributed by atoms with E-state index in [0.29, 0.717) is 0 Å². The summed E-state index contributed by atoms with van der Waals surface area (Å²) in [6.45, 7) is 0. The highest BCUT2D eigenvalue weighted by molar-refractivity contribution is 6.08. The molecule has 2 atom stereocenters. The first kappa shape index (κ1) is 19.1. The van der Waals surface area contributed by atoms with Gasteiger partial charge in [0.05, 0.1) is 23.3 Å². The van der Waals surface area contributed by atoms with Crippen molar-refractivity contribution in [2.24, 2.45) is 22.0 Å². The van der Waals surface area contributed by atoms with Crippen molar-refractivity contribution < 1.29 is 9.59 Å². The Morgan fingerprint density at radius 1 is 0.577 bits per heavy atom. The van der Waals surface area contributed by atoms with E-state index in [1.165, 1.54) is 12.8 Å². The maximum absolute atomic E-state index is 12.0. The molecule has 2 amide bonds. The molecule has 2 N–H and O–H groups in total. The molecule has 1 aliphatic carbocycles. The van der Waals surface area contributed by atoms with Crippen molar-refractivity contribution >= 4 is 23.2 Å². The van der Waals surface area contributed by atoms with Gasteiger partial charge in [-0.3, -0.25) is 9.59 Å². The molecule has 0 saturated heterocycles. The number of carbonyl (C=O) groups excluding carboxylic acids is 2. The number of hydrazone groups is 2. The van der Waals surface area contributed by atoms with Crippen LogP contribution in [0, 0.1) is 11.8 Å². The number of hydrogen-bond donors (Lipinski definition) is 2. The lowest BCUT2D eigenvalue weighted by atomic mass is 9.90. The lowest BCUT2D eigenvalue weighted by Crippen LogP contribution is -2.23. The lowest BCUT2D eigenvalue weighted by molar-refractivity contribution is -0.123. The summed E-state index contributed by atoms with van der Waals surface area (Å²) in [5, 5.41) is 8.55. The maximum atomic E-state index is 12.0. The first-order valence-electron chi connectivity index (χ1n) is 10.5. The van der Waals surface area contributed by atoms with E-state index >= 15 is 0 Å². The quantitative estimate of drug-likeness (QED) is 0.691. The molecular weight excluding hydrogens is 328 g/mol. The van der Waals surface area contributed by atoms with Crippen molar-refractivity contribution in [1.82, 2.24) is 10.9 Å². The zero-order valence-corrected chi connectivity index (χ0v) is 15.8. The summed E-state index contributed by atoms with van der Waals surface area (Å²) in [6.07, 6.45) is 15.1. The van der Waals surface area contributed by atoms with E-state index in [-0.39, 0.29) is 23.7 Å². The molecule has 0 aromatic carbocycles. The van der Waals surface area contributed by atoms with Crippen LogP contribution >= 0.6 is 0 Å². The van der Waals surface area contributed by atoms with Gasteiger partial charge in [-0.1, -0.05) is 51.4 Å². The molecule has 2 heterocycles. The van der Waals surface area contributed by atoms with Gasteiger partial charge >= 0.3 is 0 Å². The number of carbonyl (C=O) groups is 2. The van der Waals surface area contributed by atoms with Crippen LogP contribution in [0.3, 0.4) is 0 Å². The highest BCUT2D eigenvalue weighted by Crippen LogP contribution is 2.23. The van der Waals surface area contributed by atoms with Crippen LogP contribution in [-0.2, 0) is 9.59 Å². The summed E-state index contributed by atoms with van der Waals surface area (Å²) in [5.74, 6) is 0.216. The molecule has 144 valence electrons. The second-order valence-electron chi connectivity index (χ2n) is 7.88. The van der Waals surface area contributed by atoms with Crippen molar-refractivity contribution in [2.75, 3.05) is 0 Å². The molecule has 0 spiro atoms. The highest BCUT2D eigenvalue weighted by Gasteiger charge is 2.29. The zero-order valence-electron chi connectivity index (χ0n) is 15.8. The first-order chi connectivity index (χ1) is 12.8. The Labute approximate surface area is 156 Å². The molecule has 3 aliphatic rings. The van der Waals surface area contributed by atoms with E-state index in [9.17, 15) is 9.59 Å². The van der Waals surface area contributed by atoms with Gasteiger partial charge < -0.3 is 0 Å². The van der Waals surface area contributed by atoms with E-state index in [4.69, 9.17) is 0 Å². The van der Waals surface area contributed by atoms with Gasteiger partial charge in [0.25, 0.3) is 0 Å². The molecule has 1 saturated carbocycles. The van der Waals surface area contributed by atoms with Crippen LogP contribution in [0.15, 0.2) is 10.2 Å². The van der Waals surface area contributed by atoms with Crippen LogP contribution in [0.2, 0.25) is 0 Å². The molecule has 0 radical (unpaired) electrons. The lowest BCUT2D eigenvalue weighted by Gasteiger charge is -2.12. The predicted octanol–water partition coefficient (Wildman–Crippen LogP) is 3.67. The summed E-state index contributed by atoms with van der Waals surface area (Å²) in [6, 6.07) is 0. The number of rotatable bonds is 0. The smallest absolute Gasteiger partial charge is 0.248 e. The second kappa shape index (κ2) is 9.83. The van der Waals surface area contributed by atoms with Crippen LogP contribution in [0.4, 0.5) is 0 Å². The van der Waals surface area contributed by atoms with Gasteiger partial charge in [0.2, 0.25) is 11.8 Å². The van der Waals surface area contributed by atoms with Crippen LogP contribution in [0.5, 0.6) is 0 Å². The molecule has 26 heavy (non-hydrogen) atoms. The fraction of sp³-hybridized carbons (Fsp3) is 0.800. The molecular formula is C20H32N4O2. The minimum atomic E-state index is 0.0135. The number of nitrogens with zero attached hydrogens (tertiary/aromatic N) is 2. The molecule has 2 aliphatic heterocycles. The van der Waals surface area contributed by atoms with Gasteiger partial charge in [-0.2, -0.15) is 10.2 Å². The maximum Gasteiger partial charge on any atom is 0.248 e. The Hall–Kier alpha value is -1.72. The van der Waals surface area contributed by atoms with Gasteiger partial charge in [0, 0.05) is 0 Å². The minimum absolute atomic E-state index is 0.0135. The third-order valence-electron chi connectivity index (χ3n) is 5.91. The molecule has 6 heteroatoms. The van der Waals surface area contributed by atoms with Gasteiger partial charge in [0.15, 0.2) is 0 Å². The monoisotopic (exact) mass is 360 g/mol. The Bertz CT molecular complexity index is 520. The SMILES string of the molecule is O=C1NN=C2CCCCCCCC3C(=O)NN=C3CCCCCCCC12. The average molecular weight is 361 g/mol. The molecule has 3 rings (SSSR count). The van der Waals surface area contributed by atoms with Crippen molar-refractivity contribution in [2.45, 2.75) is 89.9 Å². The van der Waals surface area contributed by atoms with Gasteiger partial charge in [-0.15, -0.1) is 0 Å². The Kier molecular flexibility index (Phi) is 7.21. The van der Waals surface area contributed by atoms with Crippen LogP contribution < -0.4 is 10.9 Å². The fourth-order valence-electron chi connectivity index (χ4n) is 4.29. The molecule has 0 aromatic heterocycles. The van der Waals surface area contributed by atoms with E-state index in [1.807, 2.05) is 0 Å². The van der Waals surface area contributed by atoms with Crippen LogP contribution in [0.1, 0.15) is 89.9 Å². The predicted molar refractivity (Wildman–Crippen MR) is 103 cm³/mol. The summed E-state index contributed by atoms with van der Waals surface area (Å²) >= 11 is 0. The topological polar surface area (TPSA) is 82.9 Å². The van der Waals surface area contributed by atoms with Crippen molar-refractivity contribution in [3.05, 3.63) is 0 Å². The summed E-state index contributed by atoms with van der Waals surface area (Å²) in [7, 11) is 0. The summed E-state index contributed by atoms with van der Waals surface area (Å²) in [5.41, 5.74) is 7.49. The summed E-state index contributed by atoms with van der Waals surface area (Å²) in [4.78, 5) is 24.0. The minimum Gasteiger partial charge on any atom is -0.272 e. The van der Waals surface area contributed by atoms with E-state index in [2.05, 4.69) is 21.1 Å². The second-order valence-corrected chi connectivity index (χ2v) is 7.88. The van der Waals surface area contributed by atoms with Gasteiger partial charge in [-0.05, 0) is 38.5 Å². The van der Waals surface area contributed by atoms with Crippen LogP contribution in [-0.4, -0.2) is 23.2 Å². The third-order valence-corrected chi connectivity index (χ3v) is 5.91. The molecule has 1 fully saturated rings. The van der Waals surface area contributed by atoms with Crippen molar-refractivity contribution in [3.63, 3.8) is 0 Å². The van der Waals surface area contributed by atoms with Gasteiger partial charge in [0.1, 0.15) is 0 Å². The average Bonchev–Trinajstić information content (AvgIpc) is 3.16. The highest BCUT2D eigenvalue weighted by atomic mass is 16.2. The molecule has 0 bridgehead atoms. The Balaban J connectivity index is 1.50. The molecule has 6 nitrogen and oxygen atoms in total. The third kappa shape index (κ3) is 5.15. The van der Waals surface area contributed by atoms with Crippen molar-refractivity contribution in [3.8, 4) is 0 Å². The number of nitrogens with one attached hydrogen (secondary N) is 2. The van der Waals surface area contributed by atoms with Crippen LogP contribution in [0.25, 0.3) is 0 Å². The number of amides is 2. The number of fused-ring (bicyclic) bond motifs is 2. The standard InChI is InChI=1S/C20H32N4O2/c25-19-15-11-7-3-1-5-9-13-17-16(20(26)24-21-17)12-8-4-2-6-10-14-18(15)22-23-19/h15-16H,1-14H2,(H,23,25)(H,24,26). The fourth-order valence-corrected chi connectivity index (χ4v) is 4.29. The van der Waals surface area contributed by atoms with E-state index in [0.717, 1.165) is 88.5 Å². The zero-order chi connectivity index (χ0) is 18.2. The van der Waals surface area contributed by atoms with Crippen molar-refractivity contribution in [1.29, 1.82) is 0 Å². The first-order valence-corrected chi connectivity index (χ1v) is 10.5. The number of hydrogen-bond acceptors (Lipinski definition) is 4. The van der Waals surface area contributed by atoms with E-state index < -0.39 is 0 Å². The van der Waals surface area contributed by atoms with Gasteiger partial charge in [-0.25, -0.2) is 10.9 Å². The largest absolute Gasteiger partial charge is 0.272 e. The molecule has 0 aromatic rings. The van der Waals surface area contributed by atoms with E-state index in [1.54, 1.807) is 0 Å². The molecule has 2 unspecified atom stereocenters. The Morgan fingerprint density at radius 2 is 0.962 bits per heavy atom. The Morgan fingerprint density at radius 3 is 1.42 bits per heavy atom. The normalized spacial score (nSPS) is 29.4. The summed E-state index contributed by atoms with van der Waals surface area (Å²) < 4.78 is 0.